The third-order valence-electron chi connectivity index (χ3n) is 4.17. The van der Waals surface area contributed by atoms with Crippen molar-refractivity contribution in [2.24, 2.45) is 10.9 Å². The Kier molecular flexibility index (Phi) is 9.78. The van der Waals surface area contributed by atoms with Crippen LogP contribution in [-0.4, -0.2) is 35.6 Å². The molecule has 1 aromatic rings. The Morgan fingerprint density at radius 2 is 1.87 bits per heavy atom. The fourth-order valence-electron chi connectivity index (χ4n) is 2.74. The molecule has 0 saturated heterocycles. The number of rotatable bonds is 5. The molecule has 0 aromatic heterocycles. The largest absolute Gasteiger partial charge is 0.355 e. The Bertz CT molecular complexity index is 502. The third-order valence-corrected chi connectivity index (χ3v) is 5.54. The summed E-state index contributed by atoms with van der Waals surface area (Å²) in [7, 11) is 0.828. The van der Waals surface area contributed by atoms with Crippen molar-refractivity contribution in [1.82, 2.24) is 10.6 Å². The molecule has 0 aliphatic heterocycles. The Labute approximate surface area is 159 Å². The lowest BCUT2D eigenvalue weighted by atomic mass is 9.87. The second kappa shape index (κ2) is 11.0. The van der Waals surface area contributed by atoms with Gasteiger partial charge in [-0.1, -0.05) is 25.1 Å². The van der Waals surface area contributed by atoms with Gasteiger partial charge in [-0.25, -0.2) is 0 Å². The summed E-state index contributed by atoms with van der Waals surface area (Å²) in [5.41, 5.74) is 0. The SMILES string of the molecule is CN=C(NCCS(=O)c1ccccc1)NC1CCC(C)CC1.I. The minimum Gasteiger partial charge on any atom is -0.355 e. The number of hydrogen-bond donors (Lipinski definition) is 2. The number of benzene rings is 1. The van der Waals surface area contributed by atoms with Crippen LogP contribution >= 0.6 is 24.0 Å². The van der Waals surface area contributed by atoms with E-state index in [4.69, 9.17) is 0 Å². The minimum atomic E-state index is -0.959. The van der Waals surface area contributed by atoms with Gasteiger partial charge in [-0.05, 0) is 43.7 Å². The highest BCUT2D eigenvalue weighted by atomic mass is 127. The molecule has 0 amide bonds. The van der Waals surface area contributed by atoms with Crippen molar-refractivity contribution in [2.45, 2.75) is 43.5 Å². The predicted octanol–water partition coefficient (Wildman–Crippen LogP) is 3.16. The molecule has 23 heavy (non-hydrogen) atoms. The number of guanidine groups is 1. The normalized spacial score (nSPS) is 22.8. The van der Waals surface area contributed by atoms with Crippen LogP contribution in [0, 0.1) is 5.92 Å². The first-order valence-electron chi connectivity index (χ1n) is 8.09. The first kappa shape index (κ1) is 20.4. The summed E-state index contributed by atoms with van der Waals surface area (Å²) in [6.45, 7) is 2.98. The Hall–Kier alpha value is -0.630. The molecule has 0 radical (unpaired) electrons. The Morgan fingerprint density at radius 3 is 2.48 bits per heavy atom. The van der Waals surface area contributed by atoms with E-state index in [1.807, 2.05) is 30.3 Å². The van der Waals surface area contributed by atoms with Gasteiger partial charge in [-0.3, -0.25) is 9.20 Å². The third kappa shape index (κ3) is 7.20. The summed E-state index contributed by atoms with van der Waals surface area (Å²) in [5.74, 6) is 2.26. The first-order chi connectivity index (χ1) is 10.7. The molecular weight excluding hydrogens is 421 g/mol. The van der Waals surface area contributed by atoms with Gasteiger partial charge in [0.1, 0.15) is 0 Å². The molecule has 1 aromatic carbocycles. The molecule has 2 rings (SSSR count). The van der Waals surface area contributed by atoms with E-state index >= 15 is 0 Å². The van der Waals surface area contributed by atoms with E-state index in [1.165, 1.54) is 25.7 Å². The maximum absolute atomic E-state index is 12.2. The zero-order valence-corrected chi connectivity index (χ0v) is 17.1. The van der Waals surface area contributed by atoms with Gasteiger partial charge in [0.05, 0.1) is 10.8 Å². The molecule has 130 valence electrons. The monoisotopic (exact) mass is 449 g/mol. The lowest BCUT2D eigenvalue weighted by Gasteiger charge is -2.28. The average molecular weight is 449 g/mol. The highest BCUT2D eigenvalue weighted by Crippen LogP contribution is 2.23. The quantitative estimate of drug-likeness (QED) is 0.413. The molecule has 0 heterocycles. The van der Waals surface area contributed by atoms with Crippen molar-refractivity contribution < 1.29 is 4.21 Å². The Morgan fingerprint density at radius 1 is 1.22 bits per heavy atom. The maximum atomic E-state index is 12.2. The van der Waals surface area contributed by atoms with Crippen molar-refractivity contribution in [3.05, 3.63) is 30.3 Å². The molecular formula is C17H28IN3OS. The van der Waals surface area contributed by atoms with Crippen LogP contribution in [0.3, 0.4) is 0 Å². The van der Waals surface area contributed by atoms with Crippen LogP contribution in [0.1, 0.15) is 32.6 Å². The lowest BCUT2D eigenvalue weighted by Crippen LogP contribution is -2.45. The van der Waals surface area contributed by atoms with Crippen LogP contribution in [0.15, 0.2) is 40.2 Å². The highest BCUT2D eigenvalue weighted by Gasteiger charge is 2.18. The van der Waals surface area contributed by atoms with Crippen molar-refractivity contribution in [2.75, 3.05) is 19.3 Å². The van der Waals surface area contributed by atoms with E-state index in [1.54, 1.807) is 7.05 Å². The standard InChI is InChI=1S/C17H27N3OS.HI/c1-14-8-10-15(11-9-14)20-17(18-2)19-12-13-22(21)16-6-4-3-5-7-16;/h3-7,14-15H,8-13H2,1-2H3,(H2,18,19,20);1H. The van der Waals surface area contributed by atoms with Crippen molar-refractivity contribution in [1.29, 1.82) is 0 Å². The van der Waals surface area contributed by atoms with E-state index in [0.29, 0.717) is 18.3 Å². The predicted molar refractivity (Wildman–Crippen MR) is 109 cm³/mol. The second-order valence-corrected chi connectivity index (χ2v) is 7.53. The summed E-state index contributed by atoms with van der Waals surface area (Å²) in [6, 6.07) is 10.1. The van der Waals surface area contributed by atoms with Crippen LogP contribution in [0.25, 0.3) is 0 Å². The Balaban J connectivity index is 0.00000264. The average Bonchev–Trinajstić information content (AvgIpc) is 2.56. The molecule has 1 atom stereocenters. The number of halogens is 1. The van der Waals surface area contributed by atoms with Crippen LogP contribution < -0.4 is 10.6 Å². The van der Waals surface area contributed by atoms with Gasteiger partial charge in [0, 0.05) is 30.3 Å². The minimum absolute atomic E-state index is 0. The van der Waals surface area contributed by atoms with Crippen LogP contribution in [0.2, 0.25) is 0 Å². The van der Waals surface area contributed by atoms with Crippen LogP contribution in [-0.2, 0) is 10.8 Å². The molecule has 6 heteroatoms. The van der Waals surface area contributed by atoms with Gasteiger partial charge in [0.2, 0.25) is 0 Å². The smallest absolute Gasteiger partial charge is 0.191 e. The molecule has 1 aliphatic carbocycles. The summed E-state index contributed by atoms with van der Waals surface area (Å²) in [5, 5.41) is 6.75. The van der Waals surface area contributed by atoms with E-state index < -0.39 is 10.8 Å². The van der Waals surface area contributed by atoms with Gasteiger partial charge in [0.25, 0.3) is 0 Å². The molecule has 1 unspecified atom stereocenters. The summed E-state index contributed by atoms with van der Waals surface area (Å²) >= 11 is 0. The van der Waals surface area contributed by atoms with Crippen molar-refractivity contribution in [3.8, 4) is 0 Å². The van der Waals surface area contributed by atoms with Gasteiger partial charge in [-0.15, -0.1) is 24.0 Å². The van der Waals surface area contributed by atoms with E-state index in [-0.39, 0.29) is 24.0 Å². The zero-order chi connectivity index (χ0) is 15.8. The lowest BCUT2D eigenvalue weighted by molar-refractivity contribution is 0.329. The van der Waals surface area contributed by atoms with Crippen molar-refractivity contribution in [3.63, 3.8) is 0 Å². The number of aliphatic imine (C=N–C) groups is 1. The maximum Gasteiger partial charge on any atom is 0.191 e. The van der Waals surface area contributed by atoms with E-state index in [9.17, 15) is 4.21 Å². The molecule has 1 aliphatic rings. The van der Waals surface area contributed by atoms with Crippen LogP contribution in [0.5, 0.6) is 0 Å². The molecule has 0 spiro atoms. The van der Waals surface area contributed by atoms with Gasteiger partial charge < -0.3 is 10.6 Å². The van der Waals surface area contributed by atoms with Gasteiger partial charge in [0.15, 0.2) is 5.96 Å². The molecule has 0 bridgehead atoms. The molecule has 1 saturated carbocycles. The number of nitrogens with zero attached hydrogens (tertiary/aromatic N) is 1. The molecule has 1 fully saturated rings. The zero-order valence-electron chi connectivity index (χ0n) is 14.0. The van der Waals surface area contributed by atoms with Gasteiger partial charge >= 0.3 is 0 Å². The van der Waals surface area contributed by atoms with E-state index in [2.05, 4.69) is 22.5 Å². The molecule has 2 N–H and O–H groups in total. The fraction of sp³-hybridized carbons (Fsp3) is 0.588. The second-order valence-electron chi connectivity index (χ2n) is 5.96. The number of nitrogens with one attached hydrogen (secondary N) is 2. The van der Waals surface area contributed by atoms with Crippen LogP contribution in [0.4, 0.5) is 0 Å². The first-order valence-corrected chi connectivity index (χ1v) is 9.41. The summed E-state index contributed by atoms with van der Waals surface area (Å²) in [6.07, 6.45) is 4.98. The summed E-state index contributed by atoms with van der Waals surface area (Å²) in [4.78, 5) is 5.15. The van der Waals surface area contributed by atoms with E-state index in [0.717, 1.165) is 16.8 Å². The summed E-state index contributed by atoms with van der Waals surface area (Å²) < 4.78 is 12.2. The topological polar surface area (TPSA) is 53.5 Å². The molecule has 4 nitrogen and oxygen atoms in total. The van der Waals surface area contributed by atoms with Gasteiger partial charge in [-0.2, -0.15) is 0 Å². The number of hydrogen-bond acceptors (Lipinski definition) is 2. The van der Waals surface area contributed by atoms with Crippen molar-refractivity contribution >= 4 is 40.7 Å². The highest BCUT2D eigenvalue weighted by molar-refractivity contribution is 14.0. The fourth-order valence-corrected chi connectivity index (χ4v) is 3.73.